The van der Waals surface area contributed by atoms with Gasteiger partial charge in [0, 0.05) is 9.85 Å². The van der Waals surface area contributed by atoms with Crippen LogP contribution in [0.3, 0.4) is 0 Å². The zero-order valence-corrected chi connectivity index (χ0v) is 10.4. The molecule has 0 heterocycles. The molecule has 1 atom stereocenters. The minimum atomic E-state index is -0.201. The third-order valence-corrected chi connectivity index (χ3v) is 3.53. The zero-order valence-electron chi connectivity index (χ0n) is 8.06. The van der Waals surface area contributed by atoms with Crippen molar-refractivity contribution in [2.24, 2.45) is 0 Å². The number of halogens is 3. The summed E-state index contributed by atoms with van der Waals surface area (Å²) in [6.45, 7) is 2.11. The molecule has 0 saturated heterocycles. The average Bonchev–Trinajstić information content (AvgIpc) is 2.16. The van der Waals surface area contributed by atoms with Crippen LogP contribution in [0.5, 0.6) is 0 Å². The van der Waals surface area contributed by atoms with E-state index in [1.165, 1.54) is 6.07 Å². The van der Waals surface area contributed by atoms with E-state index in [0.717, 1.165) is 24.8 Å². The first-order valence-corrected chi connectivity index (χ1v) is 6.01. The lowest BCUT2D eigenvalue weighted by Crippen LogP contribution is -1.99. The summed E-state index contributed by atoms with van der Waals surface area (Å²) in [5.41, 5.74) is 0.743. The summed E-state index contributed by atoms with van der Waals surface area (Å²) in [4.78, 5) is 0.470. The van der Waals surface area contributed by atoms with E-state index in [2.05, 4.69) is 22.9 Å². The van der Waals surface area contributed by atoms with Crippen LogP contribution in [0, 0.1) is 5.82 Å². The van der Waals surface area contributed by atoms with Gasteiger partial charge in [-0.15, -0.1) is 0 Å². The van der Waals surface area contributed by atoms with Gasteiger partial charge in [-0.2, -0.15) is 0 Å². The molecule has 1 aromatic rings. The normalized spacial score (nSPS) is 12.9. The van der Waals surface area contributed by atoms with Crippen LogP contribution in [0.25, 0.3) is 0 Å². The molecule has 1 aromatic carbocycles. The summed E-state index contributed by atoms with van der Waals surface area (Å²) in [5, 5.41) is 0.456. The summed E-state index contributed by atoms with van der Waals surface area (Å²) in [5.74, 6) is -0.201. The maximum absolute atomic E-state index is 13.3. The fourth-order valence-electron chi connectivity index (χ4n) is 1.24. The molecular weight excluding hydrogens is 266 g/mol. The van der Waals surface area contributed by atoms with Gasteiger partial charge in [0.1, 0.15) is 5.82 Å². The van der Waals surface area contributed by atoms with E-state index in [1.54, 1.807) is 12.1 Å². The molecule has 0 aliphatic carbocycles. The van der Waals surface area contributed by atoms with Gasteiger partial charge >= 0.3 is 0 Å². The van der Waals surface area contributed by atoms with Crippen molar-refractivity contribution in [2.75, 3.05) is 0 Å². The highest BCUT2D eigenvalue weighted by Crippen LogP contribution is 2.18. The van der Waals surface area contributed by atoms with Gasteiger partial charge in [0.05, 0.1) is 0 Å². The largest absolute Gasteiger partial charge is 0.207 e. The van der Waals surface area contributed by atoms with Crippen LogP contribution in [-0.2, 0) is 6.42 Å². The van der Waals surface area contributed by atoms with Crippen LogP contribution in [-0.4, -0.2) is 4.83 Å². The molecule has 0 saturated carbocycles. The summed E-state index contributed by atoms with van der Waals surface area (Å²) in [6, 6.07) is 4.86. The third kappa shape index (κ3) is 3.58. The quantitative estimate of drug-likeness (QED) is 0.707. The molecule has 0 N–H and O–H groups in total. The fourth-order valence-corrected chi connectivity index (χ4v) is 1.63. The van der Waals surface area contributed by atoms with Gasteiger partial charge in [-0.05, 0) is 37.0 Å². The van der Waals surface area contributed by atoms with Crippen molar-refractivity contribution < 1.29 is 4.39 Å². The molecule has 14 heavy (non-hydrogen) atoms. The summed E-state index contributed by atoms with van der Waals surface area (Å²) >= 11 is 9.18. The lowest BCUT2D eigenvalue weighted by Gasteiger charge is -2.07. The highest BCUT2D eigenvalue weighted by Gasteiger charge is 2.06. The number of hydrogen-bond acceptors (Lipinski definition) is 0. The number of benzene rings is 1. The molecule has 0 aromatic heterocycles. The Morgan fingerprint density at radius 1 is 1.50 bits per heavy atom. The molecule has 0 fully saturated rings. The van der Waals surface area contributed by atoms with Crippen molar-refractivity contribution in [1.29, 1.82) is 0 Å². The van der Waals surface area contributed by atoms with Crippen molar-refractivity contribution in [2.45, 2.75) is 31.0 Å². The van der Waals surface area contributed by atoms with Crippen LogP contribution >= 0.6 is 27.5 Å². The summed E-state index contributed by atoms with van der Waals surface area (Å²) in [7, 11) is 0. The second-order valence-corrected chi connectivity index (χ2v) is 5.01. The lowest BCUT2D eigenvalue weighted by molar-refractivity contribution is 0.601. The Hall–Kier alpha value is -0.0800. The highest BCUT2D eigenvalue weighted by atomic mass is 79.9. The van der Waals surface area contributed by atoms with Gasteiger partial charge in [-0.25, -0.2) is 4.39 Å². The molecule has 0 aliphatic rings. The zero-order chi connectivity index (χ0) is 10.6. The van der Waals surface area contributed by atoms with Gasteiger partial charge < -0.3 is 0 Å². The van der Waals surface area contributed by atoms with Crippen LogP contribution in [0.2, 0.25) is 5.02 Å². The minimum Gasteiger partial charge on any atom is -0.207 e. The van der Waals surface area contributed by atoms with Gasteiger partial charge in [0.2, 0.25) is 0 Å². The Balaban J connectivity index is 2.59. The topological polar surface area (TPSA) is 0 Å². The van der Waals surface area contributed by atoms with Gasteiger partial charge in [0.25, 0.3) is 0 Å². The molecule has 1 unspecified atom stereocenters. The molecule has 78 valence electrons. The molecule has 0 bridgehead atoms. The highest BCUT2D eigenvalue weighted by molar-refractivity contribution is 9.09. The SMILES string of the molecule is CCC(Br)CCc1ccc(Cl)cc1F. The summed E-state index contributed by atoms with van der Waals surface area (Å²) in [6.07, 6.45) is 2.77. The Kier molecular flexibility index (Phi) is 4.90. The second-order valence-electron chi connectivity index (χ2n) is 3.28. The van der Waals surface area contributed by atoms with Crippen molar-refractivity contribution >= 4 is 27.5 Å². The number of rotatable bonds is 4. The van der Waals surface area contributed by atoms with Crippen LogP contribution in [0.4, 0.5) is 4.39 Å². The Morgan fingerprint density at radius 2 is 2.21 bits per heavy atom. The first-order chi connectivity index (χ1) is 6.63. The van der Waals surface area contributed by atoms with E-state index >= 15 is 0 Å². The predicted molar refractivity (Wildman–Crippen MR) is 62.7 cm³/mol. The van der Waals surface area contributed by atoms with Crippen molar-refractivity contribution in [3.8, 4) is 0 Å². The van der Waals surface area contributed by atoms with E-state index in [9.17, 15) is 4.39 Å². The number of hydrogen-bond donors (Lipinski definition) is 0. The third-order valence-electron chi connectivity index (χ3n) is 2.18. The lowest BCUT2D eigenvalue weighted by atomic mass is 10.1. The van der Waals surface area contributed by atoms with Gasteiger partial charge in [-0.3, -0.25) is 0 Å². The predicted octanol–water partition coefficient (Wildman–Crippen LogP) is 4.59. The van der Waals surface area contributed by atoms with E-state index < -0.39 is 0 Å². The molecule has 1 rings (SSSR count). The second kappa shape index (κ2) is 5.72. The van der Waals surface area contributed by atoms with Crippen LogP contribution in [0.1, 0.15) is 25.3 Å². The number of aryl methyl sites for hydroxylation is 1. The first kappa shape index (κ1) is 12.0. The maximum Gasteiger partial charge on any atom is 0.127 e. The maximum atomic E-state index is 13.3. The van der Waals surface area contributed by atoms with E-state index in [0.29, 0.717) is 9.85 Å². The molecule has 0 aliphatic heterocycles. The first-order valence-electron chi connectivity index (χ1n) is 4.71. The van der Waals surface area contributed by atoms with E-state index in [-0.39, 0.29) is 5.82 Å². The molecule has 0 spiro atoms. The van der Waals surface area contributed by atoms with E-state index in [4.69, 9.17) is 11.6 Å². The van der Waals surface area contributed by atoms with Gasteiger partial charge in [-0.1, -0.05) is 40.5 Å². The van der Waals surface area contributed by atoms with Gasteiger partial charge in [0.15, 0.2) is 0 Å². The monoisotopic (exact) mass is 278 g/mol. The molecule has 0 nitrogen and oxygen atoms in total. The smallest absolute Gasteiger partial charge is 0.127 e. The van der Waals surface area contributed by atoms with Crippen molar-refractivity contribution in [3.05, 3.63) is 34.6 Å². The molecular formula is C11H13BrClF. The average molecular weight is 280 g/mol. The minimum absolute atomic E-state index is 0.201. The molecule has 0 amide bonds. The van der Waals surface area contributed by atoms with Crippen molar-refractivity contribution in [3.63, 3.8) is 0 Å². The standard InChI is InChI=1S/C11H13BrClF/c1-2-9(12)5-3-8-4-6-10(13)7-11(8)14/h4,6-7,9H,2-3,5H2,1H3. The number of alkyl halides is 1. The Bertz CT molecular complexity index is 301. The van der Waals surface area contributed by atoms with Crippen LogP contribution in [0.15, 0.2) is 18.2 Å². The van der Waals surface area contributed by atoms with E-state index in [1.807, 2.05) is 0 Å². The Labute approximate surface area is 97.6 Å². The Morgan fingerprint density at radius 3 is 2.79 bits per heavy atom. The summed E-state index contributed by atoms with van der Waals surface area (Å²) < 4.78 is 13.3. The van der Waals surface area contributed by atoms with Crippen molar-refractivity contribution in [1.82, 2.24) is 0 Å². The van der Waals surface area contributed by atoms with Crippen LogP contribution < -0.4 is 0 Å². The molecule has 0 radical (unpaired) electrons. The fraction of sp³-hybridized carbons (Fsp3) is 0.455. The molecule has 3 heteroatoms.